The standard InChI is InChI=1S/C15H27NO2/c1-5-6-13(4)10-17-11-15-8-7-14(18-15)9-16-12(2)3/h7-8,12-13,16H,5-6,9-11H2,1-4H3. The first-order chi connectivity index (χ1) is 8.61. The average molecular weight is 253 g/mol. The molecule has 0 aromatic carbocycles. The average Bonchev–Trinajstić information content (AvgIpc) is 2.75. The molecular weight excluding hydrogens is 226 g/mol. The molecule has 0 fully saturated rings. The third-order valence-electron chi connectivity index (χ3n) is 2.83. The van der Waals surface area contributed by atoms with Crippen molar-refractivity contribution in [3.05, 3.63) is 23.7 Å². The summed E-state index contributed by atoms with van der Waals surface area (Å²) in [5.74, 6) is 2.52. The number of hydrogen-bond donors (Lipinski definition) is 1. The second-order valence-corrected chi connectivity index (χ2v) is 5.31. The Labute approximate surface area is 111 Å². The van der Waals surface area contributed by atoms with E-state index in [1.54, 1.807) is 0 Å². The molecule has 3 heteroatoms. The Bertz CT molecular complexity index is 320. The summed E-state index contributed by atoms with van der Waals surface area (Å²) in [6, 6.07) is 4.50. The second-order valence-electron chi connectivity index (χ2n) is 5.31. The summed E-state index contributed by atoms with van der Waals surface area (Å²) >= 11 is 0. The predicted molar refractivity (Wildman–Crippen MR) is 74.4 cm³/mol. The minimum Gasteiger partial charge on any atom is -0.462 e. The van der Waals surface area contributed by atoms with Gasteiger partial charge in [0.1, 0.15) is 18.1 Å². The molecule has 0 bridgehead atoms. The van der Waals surface area contributed by atoms with Crippen LogP contribution in [0.15, 0.2) is 16.5 Å². The molecule has 1 atom stereocenters. The Morgan fingerprint density at radius 3 is 2.61 bits per heavy atom. The van der Waals surface area contributed by atoms with Crippen molar-refractivity contribution < 1.29 is 9.15 Å². The Morgan fingerprint density at radius 1 is 1.22 bits per heavy atom. The van der Waals surface area contributed by atoms with Gasteiger partial charge in [0, 0.05) is 12.6 Å². The minimum atomic E-state index is 0.477. The van der Waals surface area contributed by atoms with Crippen LogP contribution in [0.25, 0.3) is 0 Å². The van der Waals surface area contributed by atoms with Gasteiger partial charge in [0.25, 0.3) is 0 Å². The molecule has 1 aromatic rings. The Morgan fingerprint density at radius 2 is 1.94 bits per heavy atom. The van der Waals surface area contributed by atoms with E-state index < -0.39 is 0 Å². The number of rotatable bonds is 9. The lowest BCUT2D eigenvalue weighted by Crippen LogP contribution is -2.21. The van der Waals surface area contributed by atoms with Gasteiger partial charge in [-0.1, -0.05) is 34.1 Å². The van der Waals surface area contributed by atoms with Crippen molar-refractivity contribution in [1.82, 2.24) is 5.32 Å². The first kappa shape index (κ1) is 15.3. The lowest BCUT2D eigenvalue weighted by molar-refractivity contribution is 0.0768. The van der Waals surface area contributed by atoms with E-state index in [1.807, 2.05) is 12.1 Å². The Hall–Kier alpha value is -0.800. The molecule has 1 heterocycles. The molecule has 3 nitrogen and oxygen atoms in total. The van der Waals surface area contributed by atoms with Crippen molar-refractivity contribution >= 4 is 0 Å². The van der Waals surface area contributed by atoms with Crippen LogP contribution in [-0.4, -0.2) is 12.6 Å². The van der Waals surface area contributed by atoms with Crippen LogP contribution in [-0.2, 0) is 17.9 Å². The molecule has 18 heavy (non-hydrogen) atoms. The molecule has 0 aliphatic rings. The summed E-state index contributed by atoms with van der Waals surface area (Å²) in [7, 11) is 0. The Kier molecular flexibility index (Phi) is 7.06. The van der Waals surface area contributed by atoms with Crippen LogP contribution in [0.1, 0.15) is 52.1 Å². The number of ether oxygens (including phenoxy) is 1. The van der Waals surface area contributed by atoms with Gasteiger partial charge < -0.3 is 14.5 Å². The van der Waals surface area contributed by atoms with Crippen LogP contribution in [0.4, 0.5) is 0 Å². The SMILES string of the molecule is CCCC(C)COCc1ccc(CNC(C)C)o1. The van der Waals surface area contributed by atoms with Gasteiger partial charge in [0.05, 0.1) is 6.54 Å². The van der Waals surface area contributed by atoms with Crippen LogP contribution < -0.4 is 5.32 Å². The summed E-state index contributed by atoms with van der Waals surface area (Å²) in [5, 5.41) is 3.33. The van der Waals surface area contributed by atoms with Gasteiger partial charge in [-0.25, -0.2) is 0 Å². The number of hydrogen-bond acceptors (Lipinski definition) is 3. The molecule has 1 aromatic heterocycles. The fourth-order valence-corrected chi connectivity index (χ4v) is 1.84. The molecule has 0 saturated carbocycles. The second kappa shape index (κ2) is 8.33. The van der Waals surface area contributed by atoms with E-state index in [1.165, 1.54) is 12.8 Å². The van der Waals surface area contributed by atoms with Crippen LogP contribution >= 0.6 is 0 Å². The fraction of sp³-hybridized carbons (Fsp3) is 0.733. The summed E-state index contributed by atoms with van der Waals surface area (Å²) in [5.41, 5.74) is 0. The van der Waals surface area contributed by atoms with Gasteiger partial charge in [0.2, 0.25) is 0 Å². The van der Waals surface area contributed by atoms with Gasteiger partial charge in [-0.15, -0.1) is 0 Å². The van der Waals surface area contributed by atoms with Gasteiger partial charge in [0.15, 0.2) is 0 Å². The fourth-order valence-electron chi connectivity index (χ4n) is 1.84. The largest absolute Gasteiger partial charge is 0.462 e. The number of nitrogens with one attached hydrogen (secondary N) is 1. The van der Waals surface area contributed by atoms with E-state index in [9.17, 15) is 0 Å². The van der Waals surface area contributed by atoms with Gasteiger partial charge in [-0.2, -0.15) is 0 Å². The van der Waals surface area contributed by atoms with Crippen molar-refractivity contribution in [2.24, 2.45) is 5.92 Å². The molecule has 1 N–H and O–H groups in total. The lowest BCUT2D eigenvalue weighted by atomic mass is 10.1. The lowest BCUT2D eigenvalue weighted by Gasteiger charge is -2.09. The molecule has 0 saturated heterocycles. The third kappa shape index (κ3) is 6.22. The summed E-state index contributed by atoms with van der Waals surface area (Å²) in [6.07, 6.45) is 2.44. The van der Waals surface area contributed by atoms with Crippen molar-refractivity contribution in [2.45, 2.75) is 59.7 Å². The molecule has 104 valence electrons. The highest BCUT2D eigenvalue weighted by molar-refractivity contribution is 5.06. The van der Waals surface area contributed by atoms with E-state index >= 15 is 0 Å². The van der Waals surface area contributed by atoms with E-state index in [0.29, 0.717) is 18.6 Å². The Balaban J connectivity index is 2.22. The minimum absolute atomic E-state index is 0.477. The maximum absolute atomic E-state index is 5.69. The highest BCUT2D eigenvalue weighted by Gasteiger charge is 2.05. The number of furan rings is 1. The van der Waals surface area contributed by atoms with Crippen molar-refractivity contribution in [3.63, 3.8) is 0 Å². The van der Waals surface area contributed by atoms with Crippen molar-refractivity contribution in [3.8, 4) is 0 Å². The van der Waals surface area contributed by atoms with E-state index in [-0.39, 0.29) is 0 Å². The third-order valence-corrected chi connectivity index (χ3v) is 2.83. The van der Waals surface area contributed by atoms with Crippen LogP contribution in [0.3, 0.4) is 0 Å². The summed E-state index contributed by atoms with van der Waals surface area (Å²) in [6.45, 7) is 10.9. The first-order valence-corrected chi connectivity index (χ1v) is 7.00. The van der Waals surface area contributed by atoms with Gasteiger partial charge in [-0.05, 0) is 24.5 Å². The zero-order chi connectivity index (χ0) is 13.4. The van der Waals surface area contributed by atoms with Crippen molar-refractivity contribution in [1.29, 1.82) is 0 Å². The monoisotopic (exact) mass is 253 g/mol. The van der Waals surface area contributed by atoms with Gasteiger partial charge >= 0.3 is 0 Å². The quantitative estimate of drug-likeness (QED) is 0.728. The molecule has 0 amide bonds. The zero-order valence-electron chi connectivity index (χ0n) is 12.2. The van der Waals surface area contributed by atoms with Gasteiger partial charge in [-0.3, -0.25) is 0 Å². The van der Waals surface area contributed by atoms with Crippen LogP contribution in [0.5, 0.6) is 0 Å². The van der Waals surface area contributed by atoms with E-state index in [4.69, 9.17) is 9.15 Å². The molecular formula is C15H27NO2. The first-order valence-electron chi connectivity index (χ1n) is 7.00. The maximum Gasteiger partial charge on any atom is 0.129 e. The van der Waals surface area contributed by atoms with Crippen molar-refractivity contribution in [2.75, 3.05) is 6.61 Å². The molecule has 0 radical (unpaired) electrons. The molecule has 0 spiro atoms. The van der Waals surface area contributed by atoms with E-state index in [0.717, 1.165) is 24.7 Å². The smallest absolute Gasteiger partial charge is 0.129 e. The molecule has 0 aliphatic carbocycles. The molecule has 0 aliphatic heterocycles. The summed E-state index contributed by atoms with van der Waals surface area (Å²) < 4.78 is 11.3. The topological polar surface area (TPSA) is 34.4 Å². The summed E-state index contributed by atoms with van der Waals surface area (Å²) in [4.78, 5) is 0. The molecule has 1 rings (SSSR count). The predicted octanol–water partition coefficient (Wildman–Crippen LogP) is 3.73. The van der Waals surface area contributed by atoms with Crippen LogP contribution in [0.2, 0.25) is 0 Å². The van der Waals surface area contributed by atoms with Crippen LogP contribution in [0, 0.1) is 5.92 Å². The molecule has 1 unspecified atom stereocenters. The zero-order valence-corrected chi connectivity index (χ0v) is 12.2. The highest BCUT2D eigenvalue weighted by atomic mass is 16.5. The van der Waals surface area contributed by atoms with E-state index in [2.05, 4.69) is 33.0 Å². The normalized spacial score (nSPS) is 13.2. The highest BCUT2D eigenvalue weighted by Crippen LogP contribution is 2.11. The maximum atomic E-state index is 5.69.